The number of hydrogen-bond acceptors (Lipinski definition) is 3. The zero-order valence-electron chi connectivity index (χ0n) is 8.29. The molecule has 0 aromatic carbocycles. The Kier molecular flexibility index (Phi) is 3.88. The van der Waals surface area contributed by atoms with Gasteiger partial charge in [0.15, 0.2) is 0 Å². The highest BCUT2D eigenvalue weighted by molar-refractivity contribution is 5.72. The van der Waals surface area contributed by atoms with Crippen molar-refractivity contribution in [2.24, 2.45) is 0 Å². The summed E-state index contributed by atoms with van der Waals surface area (Å²) < 4.78 is 5.26. The number of pyridine rings is 1. The van der Waals surface area contributed by atoms with Gasteiger partial charge in [-0.3, -0.25) is 10.3 Å². The molecule has 0 bridgehead atoms. The van der Waals surface area contributed by atoms with Crippen LogP contribution in [-0.2, 0) is 4.74 Å². The maximum atomic E-state index is 5.26. The minimum absolute atomic E-state index is 0.421. The van der Waals surface area contributed by atoms with Crippen molar-refractivity contribution in [3.05, 3.63) is 49.0 Å². The molecule has 0 aliphatic rings. The molecule has 3 nitrogen and oxygen atoms in total. The first-order valence-corrected chi connectivity index (χ1v) is 4.32. The van der Waals surface area contributed by atoms with Gasteiger partial charge in [0.2, 0.25) is 0 Å². The lowest BCUT2D eigenvalue weighted by Gasteiger charge is -2.10. The summed E-state index contributed by atoms with van der Waals surface area (Å²) in [6, 6.07) is 5.63. The van der Waals surface area contributed by atoms with Crippen LogP contribution in [0.25, 0.3) is 5.57 Å². The lowest BCUT2D eigenvalue weighted by Crippen LogP contribution is -2.11. The topological polar surface area (TPSA) is 34.1 Å². The Balaban J connectivity index is 2.62. The van der Waals surface area contributed by atoms with Crippen molar-refractivity contribution < 1.29 is 4.74 Å². The Morgan fingerprint density at radius 2 is 2.29 bits per heavy atom. The number of hydrogen-bond donors (Lipinski definition) is 1. The van der Waals surface area contributed by atoms with Crippen LogP contribution in [0.4, 0.5) is 0 Å². The molecule has 74 valence electrons. The maximum absolute atomic E-state index is 5.26. The largest absolute Gasteiger partial charge is 0.478 e. The minimum Gasteiger partial charge on any atom is -0.478 e. The summed E-state index contributed by atoms with van der Waals surface area (Å²) in [5, 5.41) is 2.86. The van der Waals surface area contributed by atoms with E-state index < -0.39 is 0 Å². The molecule has 0 amide bonds. The Morgan fingerprint density at radius 3 is 2.86 bits per heavy atom. The molecule has 0 atom stereocenters. The van der Waals surface area contributed by atoms with Crippen molar-refractivity contribution >= 4 is 5.57 Å². The van der Waals surface area contributed by atoms with Gasteiger partial charge < -0.3 is 4.74 Å². The fourth-order valence-corrected chi connectivity index (χ4v) is 0.931. The zero-order chi connectivity index (χ0) is 10.4. The van der Waals surface area contributed by atoms with Gasteiger partial charge in [-0.25, -0.2) is 0 Å². The molecule has 14 heavy (non-hydrogen) atoms. The molecule has 0 saturated carbocycles. The molecule has 0 radical (unpaired) electrons. The van der Waals surface area contributed by atoms with Crippen LogP contribution in [0.3, 0.4) is 0 Å². The molecule has 0 saturated heterocycles. The molecular formula is C11H14N2O. The molecule has 1 aromatic heterocycles. The van der Waals surface area contributed by atoms with Crippen molar-refractivity contribution in [2.75, 3.05) is 13.8 Å². The van der Waals surface area contributed by atoms with E-state index in [1.807, 2.05) is 18.2 Å². The van der Waals surface area contributed by atoms with Gasteiger partial charge in [0.1, 0.15) is 12.5 Å². The summed E-state index contributed by atoms with van der Waals surface area (Å²) in [6.07, 6.45) is 1.71. The number of ether oxygens (including phenoxy) is 1. The van der Waals surface area contributed by atoms with Gasteiger partial charge in [-0.2, -0.15) is 0 Å². The Labute approximate surface area is 84.1 Å². The maximum Gasteiger partial charge on any atom is 0.139 e. The van der Waals surface area contributed by atoms with Crippen molar-refractivity contribution in [1.82, 2.24) is 10.3 Å². The summed E-state index contributed by atoms with van der Waals surface area (Å²) in [5.41, 5.74) is 1.49. The Hall–Kier alpha value is -1.61. The van der Waals surface area contributed by atoms with E-state index in [-0.39, 0.29) is 0 Å². The summed E-state index contributed by atoms with van der Waals surface area (Å²) in [7, 11) is 1.80. The normalized spacial score (nSPS) is 9.50. The first-order valence-electron chi connectivity index (χ1n) is 4.32. The highest BCUT2D eigenvalue weighted by Crippen LogP contribution is 2.17. The monoisotopic (exact) mass is 190 g/mol. The van der Waals surface area contributed by atoms with E-state index in [2.05, 4.69) is 23.5 Å². The van der Waals surface area contributed by atoms with Gasteiger partial charge in [0.05, 0.1) is 5.69 Å². The van der Waals surface area contributed by atoms with E-state index in [0.717, 1.165) is 5.69 Å². The zero-order valence-corrected chi connectivity index (χ0v) is 8.29. The van der Waals surface area contributed by atoms with Crippen LogP contribution in [-0.4, -0.2) is 18.8 Å². The second kappa shape index (κ2) is 5.19. The van der Waals surface area contributed by atoms with Gasteiger partial charge in [-0.1, -0.05) is 19.2 Å². The molecular weight excluding hydrogens is 176 g/mol. The minimum atomic E-state index is 0.421. The number of rotatable bonds is 5. The van der Waals surface area contributed by atoms with Crippen LogP contribution in [0.15, 0.2) is 43.3 Å². The number of nitrogens with one attached hydrogen (secondary N) is 1. The third-order valence-corrected chi connectivity index (χ3v) is 1.70. The predicted octanol–water partition coefficient (Wildman–Crippen LogP) is 1.80. The molecule has 0 unspecified atom stereocenters. The SMILES string of the molecule is C=C(OCNC)C(=C)c1ccccn1. The fourth-order valence-electron chi connectivity index (χ4n) is 0.931. The van der Waals surface area contributed by atoms with Crippen LogP contribution in [0.2, 0.25) is 0 Å². The van der Waals surface area contributed by atoms with Gasteiger partial charge in [-0.15, -0.1) is 0 Å². The van der Waals surface area contributed by atoms with Gasteiger partial charge in [0.25, 0.3) is 0 Å². The predicted molar refractivity (Wildman–Crippen MR) is 57.4 cm³/mol. The van der Waals surface area contributed by atoms with E-state index in [1.165, 1.54) is 0 Å². The van der Waals surface area contributed by atoms with Gasteiger partial charge >= 0.3 is 0 Å². The Morgan fingerprint density at radius 1 is 1.50 bits per heavy atom. The molecule has 1 heterocycles. The number of allylic oxidation sites excluding steroid dienone is 1. The van der Waals surface area contributed by atoms with Gasteiger partial charge in [-0.05, 0) is 19.2 Å². The van der Waals surface area contributed by atoms with Crippen molar-refractivity contribution in [2.45, 2.75) is 0 Å². The van der Waals surface area contributed by atoms with Crippen molar-refractivity contribution in [1.29, 1.82) is 0 Å². The summed E-state index contributed by atoms with van der Waals surface area (Å²) in [6.45, 7) is 8.05. The lowest BCUT2D eigenvalue weighted by atomic mass is 10.2. The molecule has 3 heteroatoms. The third kappa shape index (κ3) is 2.71. The molecule has 0 fully saturated rings. The Bertz CT molecular complexity index is 319. The van der Waals surface area contributed by atoms with E-state index in [4.69, 9.17) is 4.74 Å². The van der Waals surface area contributed by atoms with Gasteiger partial charge in [0, 0.05) is 11.8 Å². The standard InChI is InChI=1S/C11H14N2O/c1-9(10(2)14-8-12-3)11-6-4-5-7-13-11/h4-7,12H,1-2,8H2,3H3. The van der Waals surface area contributed by atoms with Crippen molar-refractivity contribution in [3.8, 4) is 0 Å². The van der Waals surface area contributed by atoms with E-state index in [0.29, 0.717) is 18.1 Å². The van der Waals surface area contributed by atoms with Crippen molar-refractivity contribution in [3.63, 3.8) is 0 Å². The number of nitrogens with zero attached hydrogens (tertiary/aromatic N) is 1. The highest BCUT2D eigenvalue weighted by Gasteiger charge is 2.04. The van der Waals surface area contributed by atoms with Crippen LogP contribution < -0.4 is 5.32 Å². The molecule has 1 N–H and O–H groups in total. The van der Waals surface area contributed by atoms with Crippen LogP contribution >= 0.6 is 0 Å². The summed E-state index contributed by atoms with van der Waals surface area (Å²) >= 11 is 0. The molecule has 0 aliphatic carbocycles. The van der Waals surface area contributed by atoms with E-state index in [1.54, 1.807) is 13.2 Å². The quantitative estimate of drug-likeness (QED) is 0.437. The summed E-state index contributed by atoms with van der Waals surface area (Å²) in [5.74, 6) is 0.540. The molecule has 0 spiro atoms. The number of aromatic nitrogens is 1. The average Bonchev–Trinajstić information content (AvgIpc) is 2.26. The first kappa shape index (κ1) is 10.5. The lowest BCUT2D eigenvalue weighted by molar-refractivity contribution is 0.212. The fraction of sp³-hybridized carbons (Fsp3) is 0.182. The average molecular weight is 190 g/mol. The first-order chi connectivity index (χ1) is 6.75. The van der Waals surface area contributed by atoms with Crippen LogP contribution in [0.1, 0.15) is 5.69 Å². The van der Waals surface area contributed by atoms with Crippen LogP contribution in [0.5, 0.6) is 0 Å². The van der Waals surface area contributed by atoms with E-state index >= 15 is 0 Å². The van der Waals surface area contributed by atoms with Crippen LogP contribution in [0, 0.1) is 0 Å². The summed E-state index contributed by atoms with van der Waals surface area (Å²) in [4.78, 5) is 4.15. The second-order valence-electron chi connectivity index (χ2n) is 2.76. The third-order valence-electron chi connectivity index (χ3n) is 1.70. The highest BCUT2D eigenvalue weighted by atomic mass is 16.5. The molecule has 0 aliphatic heterocycles. The second-order valence-corrected chi connectivity index (χ2v) is 2.76. The van der Waals surface area contributed by atoms with E-state index in [9.17, 15) is 0 Å². The molecule has 1 rings (SSSR count). The molecule has 1 aromatic rings. The smallest absolute Gasteiger partial charge is 0.139 e.